The zero-order chi connectivity index (χ0) is 13.1. The van der Waals surface area contributed by atoms with Crippen LogP contribution in [-0.4, -0.2) is 22.0 Å². The molecular formula is C12H10N2O3S. The van der Waals surface area contributed by atoms with Crippen LogP contribution in [0, 0.1) is 6.92 Å². The van der Waals surface area contributed by atoms with E-state index in [9.17, 15) is 9.59 Å². The van der Waals surface area contributed by atoms with Crippen molar-refractivity contribution < 1.29 is 14.7 Å². The number of carbonyl (C=O) groups excluding carboxylic acids is 1. The normalized spacial score (nSPS) is 10.1. The summed E-state index contributed by atoms with van der Waals surface area (Å²) < 4.78 is 0. The molecule has 92 valence electrons. The van der Waals surface area contributed by atoms with Crippen LogP contribution in [0.1, 0.15) is 26.4 Å². The van der Waals surface area contributed by atoms with E-state index in [2.05, 4.69) is 10.3 Å². The minimum atomic E-state index is -1.07. The van der Waals surface area contributed by atoms with Gasteiger partial charge in [0, 0.05) is 6.20 Å². The maximum atomic E-state index is 11.8. The Hall–Kier alpha value is -2.21. The number of carboxylic acid groups (broad SMARTS) is 1. The topological polar surface area (TPSA) is 79.3 Å². The van der Waals surface area contributed by atoms with Crippen LogP contribution in [0.15, 0.2) is 29.8 Å². The quantitative estimate of drug-likeness (QED) is 0.890. The third-order valence-corrected chi connectivity index (χ3v) is 3.26. The van der Waals surface area contributed by atoms with Gasteiger partial charge in [0.1, 0.15) is 5.69 Å². The number of amides is 1. The number of pyridine rings is 1. The van der Waals surface area contributed by atoms with E-state index in [0.29, 0.717) is 0 Å². The number of carboxylic acids is 1. The number of nitrogens with zero attached hydrogens (tertiary/aromatic N) is 1. The predicted molar refractivity (Wildman–Crippen MR) is 68.2 cm³/mol. The minimum Gasteiger partial charge on any atom is -0.478 e. The molecule has 2 aromatic heterocycles. The summed E-state index contributed by atoms with van der Waals surface area (Å²) in [5.74, 6) is -1.42. The lowest BCUT2D eigenvalue weighted by Crippen LogP contribution is -2.13. The van der Waals surface area contributed by atoms with Crippen LogP contribution >= 0.6 is 11.3 Å². The fourth-order valence-electron chi connectivity index (χ4n) is 1.32. The summed E-state index contributed by atoms with van der Waals surface area (Å²) in [6.07, 6.45) is 1.17. The predicted octanol–water partition coefficient (Wildman–Crippen LogP) is 2.40. The van der Waals surface area contributed by atoms with Crippen molar-refractivity contribution in [2.24, 2.45) is 0 Å². The smallest absolute Gasteiger partial charge is 0.337 e. The number of carbonyl (C=O) groups is 2. The van der Waals surface area contributed by atoms with Crippen molar-refractivity contribution >= 4 is 28.2 Å². The first-order chi connectivity index (χ1) is 8.58. The van der Waals surface area contributed by atoms with Crippen LogP contribution in [0.25, 0.3) is 0 Å². The van der Waals surface area contributed by atoms with Crippen LogP contribution in [0.2, 0.25) is 0 Å². The zero-order valence-electron chi connectivity index (χ0n) is 9.51. The van der Waals surface area contributed by atoms with Crippen molar-refractivity contribution in [2.75, 3.05) is 5.32 Å². The number of hydrogen-bond acceptors (Lipinski definition) is 4. The van der Waals surface area contributed by atoms with E-state index in [1.54, 1.807) is 0 Å². The fraction of sp³-hybridized carbons (Fsp3) is 0.0833. The Kier molecular flexibility index (Phi) is 3.38. The molecule has 0 fully saturated rings. The van der Waals surface area contributed by atoms with Crippen molar-refractivity contribution in [3.63, 3.8) is 0 Å². The Morgan fingerprint density at radius 1 is 1.33 bits per heavy atom. The van der Waals surface area contributed by atoms with Gasteiger partial charge in [-0.1, -0.05) is 0 Å². The summed E-state index contributed by atoms with van der Waals surface area (Å²) in [6, 6.07) is 4.65. The average molecular weight is 262 g/mol. The highest BCUT2D eigenvalue weighted by Crippen LogP contribution is 2.22. The second-order valence-corrected chi connectivity index (χ2v) is 4.54. The van der Waals surface area contributed by atoms with Crippen molar-refractivity contribution in [1.29, 1.82) is 0 Å². The molecule has 18 heavy (non-hydrogen) atoms. The molecule has 0 aliphatic carbocycles. The van der Waals surface area contributed by atoms with Gasteiger partial charge < -0.3 is 10.4 Å². The van der Waals surface area contributed by atoms with Crippen LogP contribution in [0.5, 0.6) is 0 Å². The molecule has 0 radical (unpaired) electrons. The standard InChI is InChI=1S/C12H10N2O3S/c1-7-4-5-18-11(7)14-10(15)9-3-2-8(6-13-9)12(16)17/h2-6H,1H3,(H,14,15)(H,16,17). The molecule has 5 nitrogen and oxygen atoms in total. The molecule has 0 saturated carbocycles. The van der Waals surface area contributed by atoms with Gasteiger partial charge >= 0.3 is 5.97 Å². The lowest BCUT2D eigenvalue weighted by Gasteiger charge is -2.03. The first-order valence-corrected chi connectivity index (χ1v) is 6.00. The lowest BCUT2D eigenvalue weighted by molar-refractivity contribution is 0.0696. The number of thiophene rings is 1. The van der Waals surface area contributed by atoms with Gasteiger partial charge in [-0.15, -0.1) is 11.3 Å². The minimum absolute atomic E-state index is 0.0545. The number of aryl methyl sites for hydroxylation is 1. The lowest BCUT2D eigenvalue weighted by atomic mass is 10.2. The molecular weight excluding hydrogens is 252 g/mol. The maximum absolute atomic E-state index is 11.8. The number of nitrogens with one attached hydrogen (secondary N) is 1. The van der Waals surface area contributed by atoms with Gasteiger partial charge in [-0.3, -0.25) is 9.78 Å². The molecule has 0 aromatic carbocycles. The van der Waals surface area contributed by atoms with Crippen LogP contribution < -0.4 is 5.32 Å². The van der Waals surface area contributed by atoms with Crippen molar-refractivity contribution in [2.45, 2.75) is 6.92 Å². The van der Waals surface area contributed by atoms with E-state index in [1.165, 1.54) is 29.7 Å². The molecule has 0 saturated heterocycles. The molecule has 0 atom stereocenters. The number of anilines is 1. The molecule has 0 unspecified atom stereocenters. The van der Waals surface area contributed by atoms with E-state index in [1.807, 2.05) is 18.4 Å². The average Bonchev–Trinajstić information content (AvgIpc) is 2.75. The number of aromatic carboxylic acids is 1. The second kappa shape index (κ2) is 4.97. The maximum Gasteiger partial charge on any atom is 0.337 e. The monoisotopic (exact) mass is 262 g/mol. The highest BCUT2D eigenvalue weighted by Gasteiger charge is 2.11. The van der Waals surface area contributed by atoms with Crippen LogP contribution in [0.3, 0.4) is 0 Å². The molecule has 2 aromatic rings. The summed E-state index contributed by atoms with van der Waals surface area (Å²) >= 11 is 1.43. The molecule has 0 spiro atoms. The Morgan fingerprint density at radius 2 is 2.11 bits per heavy atom. The van der Waals surface area contributed by atoms with Crippen molar-refractivity contribution in [3.8, 4) is 0 Å². The Labute approximate surface area is 107 Å². The number of aromatic nitrogens is 1. The summed E-state index contributed by atoms with van der Waals surface area (Å²) in [5.41, 5.74) is 1.22. The molecule has 0 aliphatic rings. The van der Waals surface area contributed by atoms with E-state index in [-0.39, 0.29) is 17.2 Å². The molecule has 6 heteroatoms. The summed E-state index contributed by atoms with van der Waals surface area (Å²) in [5, 5.41) is 14.1. The van der Waals surface area contributed by atoms with Gasteiger partial charge in [-0.25, -0.2) is 4.79 Å². The third kappa shape index (κ3) is 2.54. The molecule has 2 rings (SSSR count). The van der Waals surface area contributed by atoms with Gasteiger partial charge in [0.05, 0.1) is 10.6 Å². The first-order valence-electron chi connectivity index (χ1n) is 5.12. The molecule has 0 bridgehead atoms. The van der Waals surface area contributed by atoms with Gasteiger partial charge in [0.2, 0.25) is 0 Å². The summed E-state index contributed by atoms with van der Waals surface area (Å²) in [6.45, 7) is 1.90. The number of hydrogen-bond donors (Lipinski definition) is 2. The van der Waals surface area contributed by atoms with E-state index >= 15 is 0 Å². The van der Waals surface area contributed by atoms with Gasteiger partial charge in [0.25, 0.3) is 5.91 Å². The Balaban J connectivity index is 2.14. The molecule has 0 aliphatic heterocycles. The molecule has 1 amide bonds. The van der Waals surface area contributed by atoms with Gasteiger partial charge in [-0.05, 0) is 36.1 Å². The van der Waals surface area contributed by atoms with Crippen LogP contribution in [-0.2, 0) is 0 Å². The Bertz CT molecular complexity index is 590. The highest BCUT2D eigenvalue weighted by molar-refractivity contribution is 7.14. The fourth-order valence-corrected chi connectivity index (χ4v) is 2.14. The largest absolute Gasteiger partial charge is 0.478 e. The molecule has 2 heterocycles. The SMILES string of the molecule is Cc1ccsc1NC(=O)c1ccc(C(=O)O)cn1. The summed E-state index contributed by atoms with van der Waals surface area (Å²) in [7, 11) is 0. The van der Waals surface area contributed by atoms with E-state index in [0.717, 1.165) is 10.6 Å². The number of rotatable bonds is 3. The van der Waals surface area contributed by atoms with Gasteiger partial charge in [-0.2, -0.15) is 0 Å². The zero-order valence-corrected chi connectivity index (χ0v) is 10.3. The van der Waals surface area contributed by atoms with E-state index in [4.69, 9.17) is 5.11 Å². The highest BCUT2D eigenvalue weighted by atomic mass is 32.1. The van der Waals surface area contributed by atoms with Crippen molar-refractivity contribution in [1.82, 2.24) is 4.98 Å². The van der Waals surface area contributed by atoms with E-state index < -0.39 is 5.97 Å². The third-order valence-electron chi connectivity index (χ3n) is 2.33. The van der Waals surface area contributed by atoms with Gasteiger partial charge in [0.15, 0.2) is 0 Å². The summed E-state index contributed by atoms with van der Waals surface area (Å²) in [4.78, 5) is 26.3. The Morgan fingerprint density at radius 3 is 2.61 bits per heavy atom. The van der Waals surface area contributed by atoms with Crippen LogP contribution in [0.4, 0.5) is 5.00 Å². The second-order valence-electron chi connectivity index (χ2n) is 3.62. The first kappa shape index (κ1) is 12.3. The van der Waals surface area contributed by atoms with Crippen molar-refractivity contribution in [3.05, 3.63) is 46.6 Å². The molecule has 2 N–H and O–H groups in total.